The molecular weight excluding hydrogens is 354 g/mol. The van der Waals surface area contributed by atoms with Gasteiger partial charge in [-0.15, -0.1) is 0 Å². The van der Waals surface area contributed by atoms with Gasteiger partial charge in [-0.1, -0.05) is 35.9 Å². The lowest BCUT2D eigenvalue weighted by Gasteiger charge is -2.15. The molecule has 0 radical (unpaired) electrons. The van der Waals surface area contributed by atoms with E-state index in [9.17, 15) is 0 Å². The standard InChI is InChI=1S/C16H17BrClNO2/c1-20-10-12-6-4-3-5-11(12)9-19-15-8-13(18)7-14(17)16(15)21-2/h3-8,19H,9-10H2,1-2H3. The Balaban J connectivity index is 2.20. The fraction of sp³-hybridized carbons (Fsp3) is 0.250. The summed E-state index contributed by atoms with van der Waals surface area (Å²) < 4.78 is 11.5. The fourth-order valence-corrected chi connectivity index (χ4v) is 3.09. The van der Waals surface area contributed by atoms with Gasteiger partial charge in [0.2, 0.25) is 0 Å². The summed E-state index contributed by atoms with van der Waals surface area (Å²) in [5, 5.41) is 4.01. The zero-order valence-electron chi connectivity index (χ0n) is 12.0. The van der Waals surface area contributed by atoms with E-state index in [4.69, 9.17) is 21.1 Å². The van der Waals surface area contributed by atoms with E-state index in [1.54, 1.807) is 14.2 Å². The molecule has 0 spiro atoms. The first-order valence-electron chi connectivity index (χ1n) is 6.48. The van der Waals surface area contributed by atoms with Crippen LogP contribution in [0.2, 0.25) is 5.02 Å². The Morgan fingerprint density at radius 2 is 1.86 bits per heavy atom. The molecule has 0 heterocycles. The molecule has 0 saturated carbocycles. The molecule has 0 amide bonds. The van der Waals surface area contributed by atoms with Crippen LogP contribution in [-0.4, -0.2) is 14.2 Å². The van der Waals surface area contributed by atoms with Gasteiger partial charge in [0, 0.05) is 18.7 Å². The number of hydrogen-bond acceptors (Lipinski definition) is 3. The van der Waals surface area contributed by atoms with Gasteiger partial charge in [0.25, 0.3) is 0 Å². The summed E-state index contributed by atoms with van der Waals surface area (Å²) in [6.45, 7) is 1.26. The highest BCUT2D eigenvalue weighted by Gasteiger charge is 2.10. The first-order chi connectivity index (χ1) is 10.2. The molecule has 112 valence electrons. The number of nitrogens with one attached hydrogen (secondary N) is 1. The van der Waals surface area contributed by atoms with Crippen LogP contribution in [0.5, 0.6) is 5.75 Å². The predicted molar refractivity (Wildman–Crippen MR) is 90.2 cm³/mol. The number of halogens is 2. The van der Waals surface area contributed by atoms with Gasteiger partial charge in [0.15, 0.2) is 5.75 Å². The van der Waals surface area contributed by atoms with Crippen molar-refractivity contribution in [3.8, 4) is 5.75 Å². The van der Waals surface area contributed by atoms with Crippen molar-refractivity contribution in [1.82, 2.24) is 0 Å². The summed E-state index contributed by atoms with van der Waals surface area (Å²) in [5.74, 6) is 0.739. The third-order valence-corrected chi connectivity index (χ3v) is 3.91. The average Bonchev–Trinajstić information content (AvgIpc) is 2.46. The molecule has 3 nitrogen and oxygen atoms in total. The van der Waals surface area contributed by atoms with Crippen LogP contribution in [-0.2, 0) is 17.9 Å². The second-order valence-electron chi connectivity index (χ2n) is 4.52. The molecule has 1 N–H and O–H groups in total. The minimum Gasteiger partial charge on any atom is -0.493 e. The molecule has 0 fully saturated rings. The highest BCUT2D eigenvalue weighted by atomic mass is 79.9. The first-order valence-corrected chi connectivity index (χ1v) is 7.65. The Hall–Kier alpha value is -1.23. The number of anilines is 1. The van der Waals surface area contributed by atoms with E-state index in [0.717, 1.165) is 21.5 Å². The highest BCUT2D eigenvalue weighted by Crippen LogP contribution is 2.36. The van der Waals surface area contributed by atoms with E-state index in [0.29, 0.717) is 18.2 Å². The quantitative estimate of drug-likeness (QED) is 0.787. The molecule has 0 bridgehead atoms. The summed E-state index contributed by atoms with van der Waals surface area (Å²) in [6.07, 6.45) is 0. The van der Waals surface area contributed by atoms with E-state index in [-0.39, 0.29) is 0 Å². The van der Waals surface area contributed by atoms with E-state index < -0.39 is 0 Å². The summed E-state index contributed by atoms with van der Waals surface area (Å²) in [6, 6.07) is 11.8. The van der Waals surface area contributed by atoms with Crippen LogP contribution >= 0.6 is 27.5 Å². The molecule has 0 saturated heterocycles. The molecule has 0 aliphatic heterocycles. The van der Waals surface area contributed by atoms with Crippen molar-refractivity contribution in [3.63, 3.8) is 0 Å². The average molecular weight is 371 g/mol. The second kappa shape index (κ2) is 7.69. The molecule has 2 rings (SSSR count). The second-order valence-corrected chi connectivity index (χ2v) is 5.81. The molecule has 0 atom stereocenters. The van der Waals surface area contributed by atoms with Crippen molar-refractivity contribution in [2.24, 2.45) is 0 Å². The third-order valence-electron chi connectivity index (χ3n) is 3.10. The van der Waals surface area contributed by atoms with E-state index in [2.05, 4.69) is 33.4 Å². The van der Waals surface area contributed by atoms with E-state index >= 15 is 0 Å². The van der Waals surface area contributed by atoms with Crippen molar-refractivity contribution >= 4 is 33.2 Å². The van der Waals surface area contributed by atoms with Crippen molar-refractivity contribution < 1.29 is 9.47 Å². The Bertz CT molecular complexity index is 619. The van der Waals surface area contributed by atoms with Crippen LogP contribution in [0.1, 0.15) is 11.1 Å². The lowest BCUT2D eigenvalue weighted by Crippen LogP contribution is -2.05. The molecule has 0 aromatic heterocycles. The van der Waals surface area contributed by atoms with Crippen molar-refractivity contribution in [2.45, 2.75) is 13.2 Å². The first kappa shape index (κ1) is 16.1. The molecule has 21 heavy (non-hydrogen) atoms. The lowest BCUT2D eigenvalue weighted by atomic mass is 10.1. The Morgan fingerprint density at radius 3 is 2.52 bits per heavy atom. The minimum atomic E-state index is 0.591. The molecule has 0 aliphatic carbocycles. The van der Waals surface area contributed by atoms with E-state index in [1.807, 2.05) is 24.3 Å². The fourth-order valence-electron chi connectivity index (χ4n) is 2.12. The van der Waals surface area contributed by atoms with Crippen LogP contribution < -0.4 is 10.1 Å². The Kier molecular flexibility index (Phi) is 5.91. The van der Waals surface area contributed by atoms with Gasteiger partial charge in [0.1, 0.15) is 0 Å². The predicted octanol–water partition coefficient (Wildman–Crippen LogP) is 4.87. The number of hydrogen-bond donors (Lipinski definition) is 1. The summed E-state index contributed by atoms with van der Waals surface area (Å²) in [7, 11) is 3.33. The molecule has 2 aromatic rings. The maximum absolute atomic E-state index is 6.10. The number of methoxy groups -OCH3 is 2. The van der Waals surface area contributed by atoms with Crippen LogP contribution in [0.3, 0.4) is 0 Å². The van der Waals surface area contributed by atoms with Gasteiger partial charge in [-0.2, -0.15) is 0 Å². The van der Waals surface area contributed by atoms with Gasteiger partial charge in [-0.25, -0.2) is 0 Å². The van der Waals surface area contributed by atoms with Gasteiger partial charge in [0.05, 0.1) is 23.9 Å². The van der Waals surface area contributed by atoms with Gasteiger partial charge in [-0.05, 0) is 39.2 Å². The summed E-state index contributed by atoms with van der Waals surface area (Å²) in [4.78, 5) is 0. The molecule has 2 aromatic carbocycles. The monoisotopic (exact) mass is 369 g/mol. The molecular formula is C16H17BrClNO2. The zero-order chi connectivity index (χ0) is 15.2. The maximum Gasteiger partial charge on any atom is 0.156 e. The number of ether oxygens (including phenoxy) is 2. The topological polar surface area (TPSA) is 30.5 Å². The van der Waals surface area contributed by atoms with Crippen molar-refractivity contribution in [3.05, 3.63) is 57.0 Å². The van der Waals surface area contributed by atoms with Crippen LogP contribution in [0, 0.1) is 0 Å². The Labute approximate surface area is 138 Å². The van der Waals surface area contributed by atoms with Crippen molar-refractivity contribution in [1.29, 1.82) is 0 Å². The maximum atomic E-state index is 6.10. The van der Waals surface area contributed by atoms with E-state index in [1.165, 1.54) is 5.56 Å². The zero-order valence-corrected chi connectivity index (χ0v) is 14.3. The van der Waals surface area contributed by atoms with Crippen LogP contribution in [0.25, 0.3) is 0 Å². The lowest BCUT2D eigenvalue weighted by molar-refractivity contribution is 0.184. The summed E-state index contributed by atoms with van der Waals surface area (Å²) in [5.41, 5.74) is 3.19. The molecule has 0 unspecified atom stereocenters. The van der Waals surface area contributed by atoms with Crippen LogP contribution in [0.4, 0.5) is 5.69 Å². The van der Waals surface area contributed by atoms with Crippen molar-refractivity contribution in [2.75, 3.05) is 19.5 Å². The number of rotatable bonds is 6. The minimum absolute atomic E-state index is 0.591. The van der Waals surface area contributed by atoms with Gasteiger partial charge >= 0.3 is 0 Å². The largest absolute Gasteiger partial charge is 0.493 e. The number of benzene rings is 2. The Morgan fingerprint density at radius 1 is 1.14 bits per heavy atom. The van der Waals surface area contributed by atoms with Gasteiger partial charge < -0.3 is 14.8 Å². The third kappa shape index (κ3) is 4.13. The normalized spacial score (nSPS) is 10.5. The van der Waals surface area contributed by atoms with Crippen LogP contribution in [0.15, 0.2) is 40.9 Å². The molecule has 0 aliphatic rings. The highest BCUT2D eigenvalue weighted by molar-refractivity contribution is 9.10. The van der Waals surface area contributed by atoms with Gasteiger partial charge in [-0.3, -0.25) is 0 Å². The summed E-state index contributed by atoms with van der Waals surface area (Å²) >= 11 is 9.55. The molecule has 5 heteroatoms. The SMILES string of the molecule is COCc1ccccc1CNc1cc(Cl)cc(Br)c1OC. The smallest absolute Gasteiger partial charge is 0.156 e.